The molecule has 7 heteroatoms. The highest BCUT2D eigenvalue weighted by atomic mass is 19.1. The van der Waals surface area contributed by atoms with Gasteiger partial charge in [0.1, 0.15) is 5.82 Å². The van der Waals surface area contributed by atoms with Crippen molar-refractivity contribution in [2.45, 2.75) is 12.8 Å². The van der Waals surface area contributed by atoms with Crippen molar-refractivity contribution in [3.63, 3.8) is 0 Å². The summed E-state index contributed by atoms with van der Waals surface area (Å²) in [5.41, 5.74) is 2.29. The molecule has 0 saturated carbocycles. The number of furan rings is 1. The maximum Gasteiger partial charge on any atom is 0.289 e. The van der Waals surface area contributed by atoms with Crippen molar-refractivity contribution in [3.05, 3.63) is 72.2 Å². The third-order valence-corrected chi connectivity index (χ3v) is 5.38. The fraction of sp³-hybridized carbons (Fsp3) is 0.250. The summed E-state index contributed by atoms with van der Waals surface area (Å²) >= 11 is 0. The largest absolute Gasteiger partial charge is 0.468 e. The van der Waals surface area contributed by atoms with Gasteiger partial charge in [0.2, 0.25) is 5.91 Å². The lowest BCUT2D eigenvalue weighted by Gasteiger charge is -2.31. The number of carbonyl (C=O) groups is 2. The van der Waals surface area contributed by atoms with E-state index in [9.17, 15) is 14.0 Å². The van der Waals surface area contributed by atoms with Crippen LogP contribution in [0.15, 0.2) is 65.1 Å². The number of hydrogen-bond donors (Lipinski definition) is 1. The van der Waals surface area contributed by atoms with E-state index in [1.54, 1.807) is 35.2 Å². The molecule has 1 atom stereocenters. The molecule has 0 unspecified atom stereocenters. The molecule has 31 heavy (non-hydrogen) atoms. The van der Waals surface area contributed by atoms with Gasteiger partial charge in [-0.1, -0.05) is 24.3 Å². The summed E-state index contributed by atoms with van der Waals surface area (Å²) in [6.45, 7) is 0.906. The van der Waals surface area contributed by atoms with Crippen molar-refractivity contribution < 1.29 is 23.1 Å². The lowest BCUT2D eigenvalue weighted by Crippen LogP contribution is -2.43. The first-order valence-corrected chi connectivity index (χ1v) is 10.1. The average molecular weight is 422 g/mol. The molecule has 160 valence electrons. The molecule has 0 radical (unpaired) electrons. The SMILES string of the molecule is COc1ccc(C(=O)N2CCC[C@H](C(=O)Nc3ccc(-c4cccc(F)c4)cc3)C2)o1. The van der Waals surface area contributed by atoms with Crippen LogP contribution in [0.2, 0.25) is 0 Å². The minimum Gasteiger partial charge on any atom is -0.468 e. The fourth-order valence-corrected chi connectivity index (χ4v) is 3.73. The standard InChI is InChI=1S/C24H23FN2O4/c1-30-22-12-11-21(31-22)24(29)27-13-3-5-18(15-27)23(28)26-20-9-7-16(8-10-20)17-4-2-6-19(25)14-17/h2,4,6-12,14,18H,3,5,13,15H2,1H3,(H,26,28)/t18-/m0/s1. The Kier molecular flexibility index (Phi) is 6.02. The predicted molar refractivity (Wildman–Crippen MR) is 114 cm³/mol. The fourth-order valence-electron chi connectivity index (χ4n) is 3.73. The summed E-state index contributed by atoms with van der Waals surface area (Å²) in [5, 5.41) is 2.92. The van der Waals surface area contributed by atoms with Gasteiger partial charge in [0.25, 0.3) is 11.9 Å². The number of hydrogen-bond acceptors (Lipinski definition) is 4. The number of anilines is 1. The van der Waals surface area contributed by atoms with Crippen molar-refractivity contribution in [1.29, 1.82) is 0 Å². The molecule has 0 spiro atoms. The van der Waals surface area contributed by atoms with Crippen molar-refractivity contribution in [2.24, 2.45) is 5.92 Å². The Morgan fingerprint density at radius 2 is 1.90 bits per heavy atom. The van der Waals surface area contributed by atoms with E-state index in [1.165, 1.54) is 19.2 Å². The Hall–Kier alpha value is -3.61. The number of piperidine rings is 1. The number of nitrogens with zero attached hydrogens (tertiary/aromatic N) is 1. The van der Waals surface area contributed by atoms with Crippen LogP contribution in [0.25, 0.3) is 11.1 Å². The van der Waals surface area contributed by atoms with Gasteiger partial charge in [0.05, 0.1) is 13.0 Å². The molecule has 0 aliphatic carbocycles. The van der Waals surface area contributed by atoms with Gasteiger partial charge >= 0.3 is 0 Å². The minimum absolute atomic E-state index is 0.131. The van der Waals surface area contributed by atoms with Gasteiger partial charge in [-0.25, -0.2) is 4.39 Å². The van der Waals surface area contributed by atoms with Crippen molar-refractivity contribution in [2.75, 3.05) is 25.5 Å². The molecule has 1 saturated heterocycles. The third-order valence-electron chi connectivity index (χ3n) is 5.38. The number of halogens is 1. The van der Waals surface area contributed by atoms with Crippen LogP contribution in [0.5, 0.6) is 5.95 Å². The van der Waals surface area contributed by atoms with Gasteiger partial charge in [0, 0.05) is 24.8 Å². The smallest absolute Gasteiger partial charge is 0.289 e. The van der Waals surface area contributed by atoms with E-state index in [0.29, 0.717) is 25.2 Å². The van der Waals surface area contributed by atoms with Gasteiger partial charge in [-0.2, -0.15) is 0 Å². The van der Waals surface area contributed by atoms with E-state index in [-0.39, 0.29) is 35.3 Å². The van der Waals surface area contributed by atoms with Crippen LogP contribution < -0.4 is 10.1 Å². The Bertz CT molecular complexity index is 1080. The Labute approximate surface area is 179 Å². The number of nitrogens with one attached hydrogen (secondary N) is 1. The zero-order valence-electron chi connectivity index (χ0n) is 17.1. The number of ether oxygens (including phenoxy) is 1. The average Bonchev–Trinajstić information content (AvgIpc) is 3.28. The molecule has 2 heterocycles. The molecule has 1 aliphatic rings. The van der Waals surface area contributed by atoms with Crippen LogP contribution in [-0.2, 0) is 4.79 Å². The van der Waals surface area contributed by atoms with Gasteiger partial charge in [-0.15, -0.1) is 0 Å². The Morgan fingerprint density at radius 1 is 1.10 bits per heavy atom. The highest BCUT2D eigenvalue weighted by Crippen LogP contribution is 2.25. The number of amides is 2. The maximum absolute atomic E-state index is 13.4. The van der Waals surface area contributed by atoms with E-state index in [1.807, 2.05) is 18.2 Å². The van der Waals surface area contributed by atoms with E-state index in [4.69, 9.17) is 9.15 Å². The molecule has 2 aromatic carbocycles. The summed E-state index contributed by atoms with van der Waals surface area (Å²) < 4.78 is 23.8. The Balaban J connectivity index is 1.38. The molecule has 1 fully saturated rings. The lowest BCUT2D eigenvalue weighted by atomic mass is 9.96. The molecule has 6 nitrogen and oxygen atoms in total. The molecule has 2 amide bonds. The van der Waals surface area contributed by atoms with Crippen LogP contribution in [-0.4, -0.2) is 36.9 Å². The van der Waals surface area contributed by atoms with Crippen LogP contribution in [0.4, 0.5) is 10.1 Å². The van der Waals surface area contributed by atoms with Gasteiger partial charge in [-0.3, -0.25) is 9.59 Å². The second-order valence-electron chi connectivity index (χ2n) is 7.49. The summed E-state index contributed by atoms with van der Waals surface area (Å²) in [6, 6.07) is 16.8. The monoisotopic (exact) mass is 422 g/mol. The first-order chi connectivity index (χ1) is 15.0. The highest BCUT2D eigenvalue weighted by molar-refractivity contribution is 5.95. The van der Waals surface area contributed by atoms with Gasteiger partial charge in [-0.05, 0) is 54.3 Å². The quantitative estimate of drug-likeness (QED) is 0.653. The summed E-state index contributed by atoms with van der Waals surface area (Å²) in [6.07, 6.45) is 1.44. The topological polar surface area (TPSA) is 71.8 Å². The molecule has 0 bridgehead atoms. The molecular weight excluding hydrogens is 399 g/mol. The maximum atomic E-state index is 13.4. The highest BCUT2D eigenvalue weighted by Gasteiger charge is 2.30. The van der Waals surface area contributed by atoms with Gasteiger partial charge < -0.3 is 19.4 Å². The number of carbonyl (C=O) groups excluding carboxylic acids is 2. The van der Waals surface area contributed by atoms with Crippen molar-refractivity contribution in [1.82, 2.24) is 4.90 Å². The molecular formula is C24H23FN2O4. The molecule has 3 aromatic rings. The third kappa shape index (κ3) is 4.77. The molecule has 4 rings (SSSR count). The normalized spacial score (nSPS) is 16.1. The second kappa shape index (κ2) is 9.04. The van der Waals surface area contributed by atoms with Crippen LogP contribution in [0.1, 0.15) is 23.4 Å². The molecule has 1 aliphatic heterocycles. The van der Waals surface area contributed by atoms with Crippen LogP contribution in [0.3, 0.4) is 0 Å². The van der Waals surface area contributed by atoms with E-state index in [2.05, 4.69) is 5.32 Å². The lowest BCUT2D eigenvalue weighted by molar-refractivity contribution is -0.121. The zero-order chi connectivity index (χ0) is 21.8. The van der Waals surface area contributed by atoms with Crippen molar-refractivity contribution >= 4 is 17.5 Å². The molecule has 1 N–H and O–H groups in total. The first-order valence-electron chi connectivity index (χ1n) is 10.1. The summed E-state index contributed by atoms with van der Waals surface area (Å²) in [7, 11) is 1.47. The van der Waals surface area contributed by atoms with E-state index in [0.717, 1.165) is 17.5 Å². The van der Waals surface area contributed by atoms with Crippen molar-refractivity contribution in [3.8, 4) is 17.1 Å². The predicted octanol–water partition coefficient (Wildman–Crippen LogP) is 4.59. The van der Waals surface area contributed by atoms with E-state index >= 15 is 0 Å². The minimum atomic E-state index is -0.308. The summed E-state index contributed by atoms with van der Waals surface area (Å²) in [5.74, 6) is -0.507. The van der Waals surface area contributed by atoms with Crippen LogP contribution >= 0.6 is 0 Å². The molecule has 1 aromatic heterocycles. The number of rotatable bonds is 5. The van der Waals surface area contributed by atoms with Crippen LogP contribution in [0, 0.1) is 11.7 Å². The number of methoxy groups -OCH3 is 1. The first kappa shape index (κ1) is 20.7. The summed E-state index contributed by atoms with van der Waals surface area (Å²) in [4.78, 5) is 27.1. The van der Waals surface area contributed by atoms with E-state index < -0.39 is 0 Å². The zero-order valence-corrected chi connectivity index (χ0v) is 17.1. The number of likely N-dealkylation sites (tertiary alicyclic amines) is 1. The number of benzene rings is 2. The van der Waals surface area contributed by atoms with Gasteiger partial charge in [0.15, 0.2) is 5.76 Å². The second-order valence-corrected chi connectivity index (χ2v) is 7.49. The Morgan fingerprint density at radius 3 is 2.61 bits per heavy atom.